The predicted molar refractivity (Wildman–Crippen MR) is 63.1 cm³/mol. The first-order valence-corrected chi connectivity index (χ1v) is 5.66. The van der Waals surface area contributed by atoms with Crippen LogP contribution in [0.15, 0.2) is 18.3 Å². The molecule has 0 aliphatic carbocycles. The minimum absolute atomic E-state index is 0.00737. The van der Waals surface area contributed by atoms with Crippen molar-refractivity contribution < 1.29 is 4.79 Å². The van der Waals surface area contributed by atoms with Gasteiger partial charge in [-0.25, -0.2) is 4.98 Å². The van der Waals surface area contributed by atoms with E-state index >= 15 is 0 Å². The number of nitrogens with zero attached hydrogens (tertiary/aromatic N) is 2. The van der Waals surface area contributed by atoms with Crippen LogP contribution in [0.4, 0.5) is 5.82 Å². The molecule has 2 rings (SSSR count). The maximum atomic E-state index is 12.1. The van der Waals surface area contributed by atoms with Crippen molar-refractivity contribution in [2.24, 2.45) is 5.92 Å². The number of carbonyl (C=O) groups excluding carboxylic acids is 1. The quantitative estimate of drug-likeness (QED) is 0.771. The van der Waals surface area contributed by atoms with Crippen molar-refractivity contribution in [3.05, 3.63) is 23.9 Å². The molecule has 1 aliphatic rings. The van der Waals surface area contributed by atoms with E-state index in [2.05, 4.69) is 10.3 Å². The Morgan fingerprint density at radius 2 is 2.38 bits per heavy atom. The van der Waals surface area contributed by atoms with E-state index in [0.29, 0.717) is 6.54 Å². The maximum absolute atomic E-state index is 12.1. The molecule has 0 saturated carbocycles. The second kappa shape index (κ2) is 4.61. The van der Waals surface area contributed by atoms with Gasteiger partial charge in [-0.05, 0) is 6.07 Å². The fourth-order valence-electron chi connectivity index (χ4n) is 1.86. The number of carbonyl (C=O) groups is 1. The van der Waals surface area contributed by atoms with Crippen LogP contribution in [0.3, 0.4) is 0 Å². The molecule has 4 heteroatoms. The van der Waals surface area contributed by atoms with Crippen LogP contribution in [0.1, 0.15) is 19.4 Å². The van der Waals surface area contributed by atoms with Gasteiger partial charge in [0.05, 0.1) is 0 Å². The summed E-state index contributed by atoms with van der Waals surface area (Å²) >= 11 is 0. The van der Waals surface area contributed by atoms with Crippen molar-refractivity contribution in [2.75, 3.05) is 18.0 Å². The van der Waals surface area contributed by atoms with Crippen LogP contribution in [0.5, 0.6) is 0 Å². The largest absolute Gasteiger partial charge is 0.311 e. The van der Waals surface area contributed by atoms with Crippen molar-refractivity contribution in [3.8, 4) is 0 Å². The first kappa shape index (κ1) is 11.1. The van der Waals surface area contributed by atoms with E-state index in [1.807, 2.05) is 26.0 Å². The summed E-state index contributed by atoms with van der Waals surface area (Å²) in [7, 11) is 0. The molecule has 86 valence electrons. The number of pyridine rings is 1. The molecule has 0 bridgehead atoms. The Balaban J connectivity index is 2.36. The predicted octanol–water partition coefficient (Wildman–Crippen LogP) is 1.17. The number of aromatic nitrogens is 1. The number of rotatable bonds is 1. The molecule has 0 saturated heterocycles. The van der Waals surface area contributed by atoms with Gasteiger partial charge < -0.3 is 5.32 Å². The lowest BCUT2D eigenvalue weighted by molar-refractivity contribution is -0.121. The van der Waals surface area contributed by atoms with Crippen LogP contribution in [0, 0.1) is 5.92 Å². The number of hydrogen-bond donors (Lipinski definition) is 1. The van der Waals surface area contributed by atoms with E-state index in [1.165, 1.54) is 0 Å². The molecule has 1 aliphatic heterocycles. The van der Waals surface area contributed by atoms with Gasteiger partial charge in [0.15, 0.2) is 0 Å². The van der Waals surface area contributed by atoms with E-state index < -0.39 is 0 Å². The van der Waals surface area contributed by atoms with Crippen LogP contribution in [-0.2, 0) is 11.3 Å². The number of amides is 1. The zero-order chi connectivity index (χ0) is 11.5. The van der Waals surface area contributed by atoms with Gasteiger partial charge in [0.2, 0.25) is 5.91 Å². The molecule has 0 unspecified atom stereocenters. The minimum Gasteiger partial charge on any atom is -0.311 e. The molecule has 0 aromatic carbocycles. The summed E-state index contributed by atoms with van der Waals surface area (Å²) in [6, 6.07) is 3.92. The Morgan fingerprint density at radius 1 is 1.56 bits per heavy atom. The fourth-order valence-corrected chi connectivity index (χ4v) is 1.86. The van der Waals surface area contributed by atoms with Crippen LogP contribution >= 0.6 is 0 Å². The van der Waals surface area contributed by atoms with Crippen molar-refractivity contribution in [1.29, 1.82) is 0 Å². The molecule has 0 fully saturated rings. The van der Waals surface area contributed by atoms with Crippen molar-refractivity contribution in [2.45, 2.75) is 20.4 Å². The molecule has 0 radical (unpaired) electrons. The van der Waals surface area contributed by atoms with Crippen molar-refractivity contribution in [1.82, 2.24) is 10.3 Å². The highest BCUT2D eigenvalue weighted by molar-refractivity contribution is 5.94. The number of hydrogen-bond acceptors (Lipinski definition) is 3. The number of anilines is 1. The highest BCUT2D eigenvalue weighted by Gasteiger charge is 2.23. The van der Waals surface area contributed by atoms with E-state index in [4.69, 9.17) is 0 Å². The third-order valence-electron chi connectivity index (χ3n) is 2.71. The Kier molecular flexibility index (Phi) is 3.19. The molecule has 0 spiro atoms. The van der Waals surface area contributed by atoms with Gasteiger partial charge in [0.25, 0.3) is 0 Å². The summed E-state index contributed by atoms with van der Waals surface area (Å²) in [6.07, 6.45) is 1.74. The summed E-state index contributed by atoms with van der Waals surface area (Å²) in [5.74, 6) is 0.961. The molecule has 1 N–H and O–H groups in total. The lowest BCUT2D eigenvalue weighted by atomic mass is 10.1. The van der Waals surface area contributed by atoms with Crippen LogP contribution < -0.4 is 10.2 Å². The van der Waals surface area contributed by atoms with Crippen molar-refractivity contribution >= 4 is 11.7 Å². The third kappa shape index (κ3) is 2.07. The Bertz CT molecular complexity index is 390. The Morgan fingerprint density at radius 3 is 3.12 bits per heavy atom. The Hall–Kier alpha value is -1.42. The Labute approximate surface area is 95.7 Å². The van der Waals surface area contributed by atoms with Crippen molar-refractivity contribution in [3.63, 3.8) is 0 Å². The summed E-state index contributed by atoms with van der Waals surface area (Å²) < 4.78 is 0. The second-order valence-electron chi connectivity index (χ2n) is 4.31. The SMILES string of the molecule is CC(C)C(=O)N1CCNCc2cccnc21. The lowest BCUT2D eigenvalue weighted by Gasteiger charge is -2.22. The fraction of sp³-hybridized carbons (Fsp3) is 0.500. The second-order valence-corrected chi connectivity index (χ2v) is 4.31. The van der Waals surface area contributed by atoms with Gasteiger partial charge in [-0.2, -0.15) is 0 Å². The standard InChI is InChI=1S/C12H17N3O/c1-9(2)12(16)15-7-6-13-8-10-4-3-5-14-11(10)15/h3-5,9,13H,6-8H2,1-2H3. The molecule has 1 aromatic rings. The molecular weight excluding hydrogens is 202 g/mol. The monoisotopic (exact) mass is 219 g/mol. The van der Waals surface area contributed by atoms with Gasteiger partial charge in [0, 0.05) is 37.3 Å². The van der Waals surface area contributed by atoms with Gasteiger partial charge in [0.1, 0.15) is 5.82 Å². The minimum atomic E-state index is 0.00737. The normalized spacial score (nSPS) is 15.8. The molecule has 0 atom stereocenters. The summed E-state index contributed by atoms with van der Waals surface area (Å²) in [4.78, 5) is 18.2. The van der Waals surface area contributed by atoms with Crippen LogP contribution in [0.2, 0.25) is 0 Å². The van der Waals surface area contributed by atoms with Gasteiger partial charge in [-0.3, -0.25) is 9.69 Å². The average molecular weight is 219 g/mol. The first-order valence-electron chi connectivity index (χ1n) is 5.66. The first-order chi connectivity index (χ1) is 7.70. The van der Waals surface area contributed by atoms with E-state index in [1.54, 1.807) is 11.1 Å². The van der Waals surface area contributed by atoms with Gasteiger partial charge in [-0.15, -0.1) is 0 Å². The topological polar surface area (TPSA) is 45.2 Å². The number of fused-ring (bicyclic) bond motifs is 1. The molecule has 4 nitrogen and oxygen atoms in total. The molecule has 1 amide bonds. The zero-order valence-electron chi connectivity index (χ0n) is 9.73. The summed E-state index contributed by atoms with van der Waals surface area (Å²) in [5.41, 5.74) is 1.09. The molecule has 2 heterocycles. The molecule has 16 heavy (non-hydrogen) atoms. The highest BCUT2D eigenvalue weighted by Crippen LogP contribution is 2.20. The lowest BCUT2D eigenvalue weighted by Crippen LogP contribution is -2.37. The number of nitrogens with one attached hydrogen (secondary N) is 1. The van der Waals surface area contributed by atoms with Crippen LogP contribution in [0.25, 0.3) is 0 Å². The van der Waals surface area contributed by atoms with E-state index in [0.717, 1.165) is 24.5 Å². The zero-order valence-corrected chi connectivity index (χ0v) is 9.73. The average Bonchev–Trinajstić information content (AvgIpc) is 2.50. The van der Waals surface area contributed by atoms with E-state index in [9.17, 15) is 4.79 Å². The summed E-state index contributed by atoms with van der Waals surface area (Å²) in [6.45, 7) is 6.13. The van der Waals surface area contributed by atoms with Crippen LogP contribution in [-0.4, -0.2) is 24.0 Å². The smallest absolute Gasteiger partial charge is 0.230 e. The molecular formula is C12H17N3O. The van der Waals surface area contributed by atoms with Gasteiger partial charge in [-0.1, -0.05) is 19.9 Å². The van der Waals surface area contributed by atoms with Gasteiger partial charge >= 0.3 is 0 Å². The maximum Gasteiger partial charge on any atom is 0.230 e. The third-order valence-corrected chi connectivity index (χ3v) is 2.71. The molecule has 1 aromatic heterocycles. The summed E-state index contributed by atoms with van der Waals surface area (Å²) in [5, 5.41) is 3.29. The van der Waals surface area contributed by atoms with E-state index in [-0.39, 0.29) is 11.8 Å². The highest BCUT2D eigenvalue weighted by atomic mass is 16.2.